The van der Waals surface area contributed by atoms with Crippen molar-refractivity contribution < 1.29 is 38.1 Å². The summed E-state index contributed by atoms with van der Waals surface area (Å²) in [5.41, 5.74) is 5.28. The number of benzene rings is 1. The molecule has 9 nitrogen and oxygen atoms in total. The smallest absolute Gasteiger partial charge is 0.323 e. The fourth-order valence-corrected chi connectivity index (χ4v) is 4.03. The summed E-state index contributed by atoms with van der Waals surface area (Å²) in [6.07, 6.45) is 4.72. The van der Waals surface area contributed by atoms with Gasteiger partial charge in [-0.1, -0.05) is 39.2 Å². The fourth-order valence-electron chi connectivity index (χ4n) is 4.03. The summed E-state index contributed by atoms with van der Waals surface area (Å²) in [6.45, 7) is 14.2. The van der Waals surface area contributed by atoms with Crippen LogP contribution in [0, 0.1) is 16.7 Å². The van der Waals surface area contributed by atoms with Gasteiger partial charge in [-0.3, -0.25) is 19.2 Å². The zero-order chi connectivity index (χ0) is 31.0. The lowest BCUT2D eigenvalue weighted by molar-refractivity contribution is -0.169. The molecule has 0 heterocycles. The zero-order valence-electron chi connectivity index (χ0n) is 26.0. The molecule has 0 spiro atoms. The molecular formula is C32H49NO8. The van der Waals surface area contributed by atoms with Crippen molar-refractivity contribution >= 4 is 23.9 Å². The number of esters is 4. The largest absolute Gasteiger partial charge is 0.459 e. The van der Waals surface area contributed by atoms with E-state index in [0.717, 1.165) is 32.1 Å². The van der Waals surface area contributed by atoms with Crippen molar-refractivity contribution in [2.45, 2.75) is 125 Å². The highest BCUT2D eigenvalue weighted by atomic mass is 16.6. The summed E-state index contributed by atoms with van der Waals surface area (Å²) in [4.78, 5) is 50.9. The van der Waals surface area contributed by atoms with Crippen LogP contribution < -0.4 is 15.2 Å². The van der Waals surface area contributed by atoms with Crippen molar-refractivity contribution in [2.75, 3.05) is 0 Å². The first-order chi connectivity index (χ1) is 19.1. The second-order valence-electron chi connectivity index (χ2n) is 12.5. The van der Waals surface area contributed by atoms with Gasteiger partial charge in [0.05, 0.1) is 16.7 Å². The zero-order valence-corrected chi connectivity index (χ0v) is 26.0. The van der Waals surface area contributed by atoms with E-state index in [0.29, 0.717) is 18.4 Å². The van der Waals surface area contributed by atoms with Gasteiger partial charge in [-0.25, -0.2) is 0 Å². The van der Waals surface area contributed by atoms with Crippen molar-refractivity contribution in [1.29, 1.82) is 0 Å². The molecule has 9 heteroatoms. The molecule has 0 bridgehead atoms. The fraction of sp³-hybridized carbons (Fsp3) is 0.688. The van der Waals surface area contributed by atoms with E-state index in [1.165, 1.54) is 6.07 Å². The van der Waals surface area contributed by atoms with Gasteiger partial charge < -0.3 is 24.7 Å². The Bertz CT molecular complexity index is 1070. The summed E-state index contributed by atoms with van der Waals surface area (Å²) < 4.78 is 22.4. The molecule has 1 aromatic rings. The van der Waals surface area contributed by atoms with Gasteiger partial charge in [0.1, 0.15) is 18.2 Å². The molecule has 1 aliphatic carbocycles. The van der Waals surface area contributed by atoms with Gasteiger partial charge >= 0.3 is 23.9 Å². The average molecular weight is 576 g/mol. The number of carbonyl (C=O) groups is 4. The lowest BCUT2D eigenvalue weighted by atomic mass is 9.89. The number of rotatable bonds is 13. The minimum Gasteiger partial charge on any atom is -0.459 e. The van der Waals surface area contributed by atoms with E-state index in [9.17, 15) is 19.2 Å². The first-order valence-electron chi connectivity index (χ1n) is 14.8. The van der Waals surface area contributed by atoms with Crippen molar-refractivity contribution in [3.05, 3.63) is 23.8 Å². The Morgan fingerprint density at radius 2 is 1.34 bits per heavy atom. The summed E-state index contributed by atoms with van der Waals surface area (Å²) in [6, 6.07) is 3.72. The number of nitrogens with two attached hydrogens (primary N) is 1. The molecule has 2 rings (SSSR count). The predicted molar refractivity (Wildman–Crippen MR) is 155 cm³/mol. The second kappa shape index (κ2) is 14.8. The molecule has 1 aliphatic rings. The molecule has 1 unspecified atom stereocenters. The Balaban J connectivity index is 2.11. The third-order valence-corrected chi connectivity index (χ3v) is 8.25. The van der Waals surface area contributed by atoms with Gasteiger partial charge in [0.25, 0.3) is 0 Å². The topological polar surface area (TPSA) is 131 Å². The molecule has 0 radical (unpaired) electrons. The van der Waals surface area contributed by atoms with Gasteiger partial charge in [0.15, 0.2) is 11.5 Å². The maximum absolute atomic E-state index is 12.9. The molecule has 2 N–H and O–H groups in total. The van der Waals surface area contributed by atoms with Gasteiger partial charge in [-0.05, 0) is 91.3 Å². The Labute approximate surface area is 244 Å². The van der Waals surface area contributed by atoms with E-state index in [4.69, 9.17) is 24.7 Å². The summed E-state index contributed by atoms with van der Waals surface area (Å²) >= 11 is 0. The van der Waals surface area contributed by atoms with Gasteiger partial charge in [0, 0.05) is 0 Å². The molecule has 3 atom stereocenters. The number of hydrogen-bond acceptors (Lipinski definition) is 9. The standard InChI is InChI=1S/C32H49NO8/c1-9-31(5,6)29(36)40-25-17-16-22(19-26(25)41-30(37)32(7,8)10-2)18-24(33)28(35)39-21(4)20(3)38-27(34)23-14-12-11-13-15-23/h16-17,19-21,23-24H,9-15,18,33H2,1-8H3/t20?,21-,24-/m0/s1. The van der Waals surface area contributed by atoms with Crippen LogP contribution in [0.25, 0.3) is 0 Å². The highest BCUT2D eigenvalue weighted by Gasteiger charge is 2.32. The molecule has 1 fully saturated rings. The Morgan fingerprint density at radius 3 is 1.88 bits per heavy atom. The second-order valence-corrected chi connectivity index (χ2v) is 12.5. The number of carbonyl (C=O) groups excluding carboxylic acids is 4. The Morgan fingerprint density at radius 1 is 0.829 bits per heavy atom. The van der Waals surface area contributed by atoms with Gasteiger partial charge in [-0.15, -0.1) is 0 Å². The third kappa shape index (κ3) is 9.83. The van der Waals surface area contributed by atoms with Crippen LogP contribution in [0.3, 0.4) is 0 Å². The van der Waals surface area contributed by atoms with E-state index >= 15 is 0 Å². The summed E-state index contributed by atoms with van der Waals surface area (Å²) in [5.74, 6) is -1.74. The maximum Gasteiger partial charge on any atom is 0.323 e. The monoisotopic (exact) mass is 575 g/mol. The number of ether oxygens (including phenoxy) is 4. The van der Waals surface area contributed by atoms with Crippen LogP contribution in [0.15, 0.2) is 18.2 Å². The normalized spacial score (nSPS) is 16.7. The molecule has 0 aromatic heterocycles. The van der Waals surface area contributed by atoms with E-state index < -0.39 is 47.0 Å². The van der Waals surface area contributed by atoms with Crippen LogP contribution in [0.2, 0.25) is 0 Å². The van der Waals surface area contributed by atoms with Crippen molar-refractivity contribution in [3.8, 4) is 11.5 Å². The molecule has 230 valence electrons. The van der Waals surface area contributed by atoms with Crippen LogP contribution in [-0.2, 0) is 35.1 Å². The van der Waals surface area contributed by atoms with E-state index in [1.54, 1.807) is 53.7 Å². The number of hydrogen-bond donors (Lipinski definition) is 1. The molecule has 41 heavy (non-hydrogen) atoms. The predicted octanol–water partition coefficient (Wildman–Crippen LogP) is 5.68. The van der Waals surface area contributed by atoms with Crippen molar-refractivity contribution in [1.82, 2.24) is 0 Å². The lowest BCUT2D eigenvalue weighted by Crippen LogP contribution is -2.40. The van der Waals surface area contributed by atoms with Crippen molar-refractivity contribution in [2.24, 2.45) is 22.5 Å². The average Bonchev–Trinajstić information content (AvgIpc) is 2.94. The van der Waals surface area contributed by atoms with Crippen LogP contribution in [0.1, 0.15) is 106 Å². The van der Waals surface area contributed by atoms with Crippen LogP contribution in [-0.4, -0.2) is 42.1 Å². The molecule has 0 saturated heterocycles. The molecule has 1 aromatic carbocycles. The van der Waals surface area contributed by atoms with Crippen LogP contribution >= 0.6 is 0 Å². The minimum atomic E-state index is -1.03. The third-order valence-electron chi connectivity index (χ3n) is 8.25. The Kier molecular flexibility index (Phi) is 12.4. The molecule has 1 saturated carbocycles. The molecule has 0 amide bonds. The van der Waals surface area contributed by atoms with Gasteiger partial charge in [0.2, 0.25) is 0 Å². The summed E-state index contributed by atoms with van der Waals surface area (Å²) in [5, 5.41) is 0. The first-order valence-corrected chi connectivity index (χ1v) is 14.8. The molecule has 0 aliphatic heterocycles. The van der Waals surface area contributed by atoms with Gasteiger partial charge in [-0.2, -0.15) is 0 Å². The lowest BCUT2D eigenvalue weighted by Gasteiger charge is -2.26. The van der Waals surface area contributed by atoms with Crippen molar-refractivity contribution in [3.63, 3.8) is 0 Å². The van der Waals surface area contributed by atoms with E-state index in [-0.39, 0.29) is 29.8 Å². The maximum atomic E-state index is 12.9. The highest BCUT2D eigenvalue weighted by molar-refractivity contribution is 5.82. The van der Waals surface area contributed by atoms with Crippen LogP contribution in [0.5, 0.6) is 11.5 Å². The van der Waals surface area contributed by atoms with Crippen LogP contribution in [0.4, 0.5) is 0 Å². The SMILES string of the molecule is CCC(C)(C)C(=O)Oc1ccc(C[C@H](N)C(=O)O[C@@H](C)C(C)OC(=O)C2CCCCC2)cc1OC(=O)C(C)(C)CC. The van der Waals surface area contributed by atoms with E-state index in [2.05, 4.69) is 0 Å². The first kappa shape index (κ1) is 34.3. The minimum absolute atomic E-state index is 0.0754. The quantitative estimate of drug-likeness (QED) is 0.233. The van der Waals surface area contributed by atoms with E-state index in [1.807, 2.05) is 13.8 Å². The molecular weight excluding hydrogens is 526 g/mol. The Hall–Kier alpha value is -2.94. The summed E-state index contributed by atoms with van der Waals surface area (Å²) in [7, 11) is 0. The highest BCUT2D eigenvalue weighted by Crippen LogP contribution is 2.34.